The zero-order valence-corrected chi connectivity index (χ0v) is 18.0. The smallest absolute Gasteiger partial charge is 0.126 e. The first-order valence-corrected chi connectivity index (χ1v) is 11.7. The van der Waals surface area contributed by atoms with Gasteiger partial charge in [-0.25, -0.2) is 0 Å². The van der Waals surface area contributed by atoms with Crippen LogP contribution in [0.25, 0.3) is 6.08 Å². The first kappa shape index (κ1) is 23.8. The highest BCUT2D eigenvalue weighted by Crippen LogP contribution is 2.19. The van der Waals surface area contributed by atoms with Gasteiger partial charge >= 0.3 is 0 Å². The summed E-state index contributed by atoms with van der Waals surface area (Å²) in [5.41, 5.74) is 1.09. The molecule has 27 heavy (non-hydrogen) atoms. The average Bonchev–Trinajstić information content (AvgIpc) is 2.70. The number of para-hydroxylation sites is 1. The van der Waals surface area contributed by atoms with Crippen LogP contribution in [0.5, 0.6) is 5.75 Å². The summed E-state index contributed by atoms with van der Waals surface area (Å²) in [4.78, 5) is 0. The van der Waals surface area contributed by atoms with Crippen molar-refractivity contribution in [2.45, 2.75) is 110 Å². The third kappa shape index (κ3) is 13.6. The Kier molecular flexibility index (Phi) is 16.0. The van der Waals surface area contributed by atoms with Crippen LogP contribution < -0.4 is 4.74 Å². The maximum absolute atomic E-state index is 5.88. The Morgan fingerprint density at radius 3 is 1.59 bits per heavy atom. The molecule has 0 saturated carbocycles. The maximum atomic E-state index is 5.88. The van der Waals surface area contributed by atoms with Gasteiger partial charge in [-0.2, -0.15) is 0 Å². The molecule has 1 aromatic carbocycles. The minimum atomic E-state index is 0.823. The van der Waals surface area contributed by atoms with Gasteiger partial charge in [-0.05, 0) is 12.5 Å². The Balaban J connectivity index is 1.78. The number of ether oxygens (including phenoxy) is 1. The van der Waals surface area contributed by atoms with Gasteiger partial charge in [-0.1, -0.05) is 134 Å². The predicted octanol–water partition coefficient (Wildman–Crippen LogP) is 8.97. The molecule has 0 heterocycles. The van der Waals surface area contributed by atoms with E-state index in [1.807, 2.05) is 24.3 Å². The minimum absolute atomic E-state index is 0.823. The lowest BCUT2D eigenvalue weighted by Gasteiger charge is -2.08. The molecule has 0 saturated heterocycles. The maximum Gasteiger partial charge on any atom is 0.126 e. The lowest BCUT2D eigenvalue weighted by Crippen LogP contribution is -1.98. The van der Waals surface area contributed by atoms with Crippen LogP contribution in [0.1, 0.15) is 115 Å². The highest BCUT2D eigenvalue weighted by Gasteiger charge is 1.99. The molecule has 0 aliphatic rings. The van der Waals surface area contributed by atoms with Crippen LogP contribution in [0.3, 0.4) is 0 Å². The monoisotopic (exact) mass is 372 g/mol. The molecule has 154 valence electrons. The summed E-state index contributed by atoms with van der Waals surface area (Å²) in [5, 5.41) is 0. The van der Waals surface area contributed by atoms with Crippen molar-refractivity contribution in [3.05, 3.63) is 36.4 Å². The van der Waals surface area contributed by atoms with Gasteiger partial charge in [-0.15, -0.1) is 0 Å². The predicted molar refractivity (Wildman–Crippen MR) is 122 cm³/mol. The van der Waals surface area contributed by atoms with Crippen molar-refractivity contribution in [1.29, 1.82) is 0 Å². The second-order valence-electron chi connectivity index (χ2n) is 7.89. The fraction of sp³-hybridized carbons (Fsp3) is 0.692. The van der Waals surface area contributed by atoms with Crippen molar-refractivity contribution >= 4 is 6.08 Å². The molecule has 0 fully saturated rings. The van der Waals surface area contributed by atoms with Crippen LogP contribution >= 0.6 is 0 Å². The molecule has 0 spiro atoms. The first-order chi connectivity index (χ1) is 13.4. The van der Waals surface area contributed by atoms with Gasteiger partial charge in [-0.3, -0.25) is 0 Å². The Labute approximate surface area is 169 Å². The van der Waals surface area contributed by atoms with Gasteiger partial charge in [0, 0.05) is 5.56 Å². The Morgan fingerprint density at radius 2 is 1.11 bits per heavy atom. The highest BCUT2D eigenvalue weighted by molar-refractivity contribution is 5.55. The van der Waals surface area contributed by atoms with Gasteiger partial charge < -0.3 is 4.74 Å². The molecule has 0 N–H and O–H groups in total. The van der Waals surface area contributed by atoms with E-state index in [9.17, 15) is 0 Å². The third-order valence-corrected chi connectivity index (χ3v) is 5.39. The van der Waals surface area contributed by atoms with Crippen LogP contribution in [0.4, 0.5) is 0 Å². The van der Waals surface area contributed by atoms with Crippen molar-refractivity contribution in [2.24, 2.45) is 0 Å². The summed E-state index contributed by atoms with van der Waals surface area (Å²) in [6.45, 7) is 6.95. The van der Waals surface area contributed by atoms with E-state index in [-0.39, 0.29) is 0 Å². The van der Waals surface area contributed by atoms with E-state index in [4.69, 9.17) is 4.74 Å². The number of benzene rings is 1. The van der Waals surface area contributed by atoms with Crippen LogP contribution in [0.2, 0.25) is 0 Å². The lowest BCUT2D eigenvalue weighted by atomic mass is 10.0. The number of rotatable bonds is 19. The molecule has 1 aromatic rings. The van der Waals surface area contributed by atoms with Gasteiger partial charge in [0.25, 0.3) is 0 Å². The zero-order valence-electron chi connectivity index (χ0n) is 18.0. The van der Waals surface area contributed by atoms with Gasteiger partial charge in [0.05, 0.1) is 6.61 Å². The van der Waals surface area contributed by atoms with Gasteiger partial charge in [0.2, 0.25) is 0 Å². The first-order valence-electron chi connectivity index (χ1n) is 11.7. The molecule has 0 aliphatic carbocycles. The second-order valence-corrected chi connectivity index (χ2v) is 7.89. The van der Waals surface area contributed by atoms with Crippen LogP contribution in [0, 0.1) is 0 Å². The molecule has 0 amide bonds. The fourth-order valence-corrected chi connectivity index (χ4v) is 3.61. The molecule has 1 nitrogen and oxygen atoms in total. The third-order valence-electron chi connectivity index (χ3n) is 5.39. The number of unbranched alkanes of at least 4 members (excludes halogenated alkanes) is 15. The summed E-state index contributed by atoms with van der Waals surface area (Å²) in [6.07, 6.45) is 24.3. The lowest BCUT2D eigenvalue weighted by molar-refractivity contribution is 0.303. The Morgan fingerprint density at radius 1 is 0.667 bits per heavy atom. The van der Waals surface area contributed by atoms with Crippen LogP contribution in [-0.4, -0.2) is 6.61 Å². The summed E-state index contributed by atoms with van der Waals surface area (Å²) in [6, 6.07) is 8.13. The van der Waals surface area contributed by atoms with E-state index in [0.29, 0.717) is 0 Å². The van der Waals surface area contributed by atoms with E-state index < -0.39 is 0 Å². The molecular weight excluding hydrogens is 328 g/mol. The topological polar surface area (TPSA) is 9.23 Å². The van der Waals surface area contributed by atoms with E-state index >= 15 is 0 Å². The normalized spacial score (nSPS) is 10.9. The largest absolute Gasteiger partial charge is 0.493 e. The molecule has 0 bridgehead atoms. The summed E-state index contributed by atoms with van der Waals surface area (Å²) in [5.74, 6) is 0.966. The zero-order chi connectivity index (χ0) is 19.4. The van der Waals surface area contributed by atoms with E-state index in [1.165, 1.54) is 96.3 Å². The summed E-state index contributed by atoms with van der Waals surface area (Å²) >= 11 is 0. The van der Waals surface area contributed by atoms with Gasteiger partial charge in [0.15, 0.2) is 0 Å². The molecule has 0 unspecified atom stereocenters. The van der Waals surface area contributed by atoms with Gasteiger partial charge in [0.1, 0.15) is 5.75 Å². The molecule has 1 rings (SSSR count). The fourth-order valence-electron chi connectivity index (χ4n) is 3.61. The Bertz CT molecular complexity index is 451. The van der Waals surface area contributed by atoms with E-state index in [1.54, 1.807) is 0 Å². The molecule has 1 heteroatoms. The molecule has 0 aromatic heterocycles. The molecule has 0 radical (unpaired) electrons. The second kappa shape index (κ2) is 18.1. The Hall–Kier alpha value is -1.24. The van der Waals surface area contributed by atoms with Crippen molar-refractivity contribution < 1.29 is 4.74 Å². The average molecular weight is 373 g/mol. The standard InChI is InChI=1S/C26H44O/c1-3-5-6-7-8-9-10-11-12-13-14-15-16-17-18-21-24-27-26-23-20-19-22-25(26)4-2/h4,19-20,22-23H,2-3,5-18,21,24H2,1H3. The SMILES string of the molecule is C=Cc1ccccc1OCCCCCCCCCCCCCCCCCC. The summed E-state index contributed by atoms with van der Waals surface area (Å²) in [7, 11) is 0. The van der Waals surface area contributed by atoms with E-state index in [2.05, 4.69) is 19.6 Å². The minimum Gasteiger partial charge on any atom is -0.493 e. The van der Waals surface area contributed by atoms with Crippen molar-refractivity contribution in [3.8, 4) is 5.75 Å². The van der Waals surface area contributed by atoms with Crippen molar-refractivity contribution in [1.82, 2.24) is 0 Å². The van der Waals surface area contributed by atoms with Crippen molar-refractivity contribution in [2.75, 3.05) is 6.61 Å². The highest BCUT2D eigenvalue weighted by atomic mass is 16.5. The van der Waals surface area contributed by atoms with Crippen molar-refractivity contribution in [3.63, 3.8) is 0 Å². The number of hydrogen-bond donors (Lipinski definition) is 0. The summed E-state index contributed by atoms with van der Waals surface area (Å²) < 4.78 is 5.88. The molecule has 0 aliphatic heterocycles. The quantitative estimate of drug-likeness (QED) is 0.220. The van der Waals surface area contributed by atoms with E-state index in [0.717, 1.165) is 24.3 Å². The van der Waals surface area contributed by atoms with Crippen LogP contribution in [0.15, 0.2) is 30.8 Å². The number of hydrogen-bond acceptors (Lipinski definition) is 1. The molecular formula is C26H44O. The molecule has 0 atom stereocenters. The van der Waals surface area contributed by atoms with Crippen LogP contribution in [-0.2, 0) is 0 Å².